The van der Waals surface area contributed by atoms with Gasteiger partial charge in [0.15, 0.2) is 0 Å². The molecule has 4 nitrogen and oxygen atoms in total. The van der Waals surface area contributed by atoms with Gasteiger partial charge in [0, 0.05) is 13.1 Å². The molecule has 17 heavy (non-hydrogen) atoms. The van der Waals surface area contributed by atoms with Crippen molar-refractivity contribution in [2.75, 3.05) is 39.8 Å². The molecule has 1 N–H and O–H groups in total. The van der Waals surface area contributed by atoms with Gasteiger partial charge in [-0.15, -0.1) is 0 Å². The van der Waals surface area contributed by atoms with Crippen molar-refractivity contribution in [1.29, 1.82) is 0 Å². The van der Waals surface area contributed by atoms with E-state index in [9.17, 15) is 4.79 Å². The second-order valence-corrected chi connectivity index (χ2v) is 4.82. The van der Waals surface area contributed by atoms with Gasteiger partial charge < -0.3 is 15.0 Å². The van der Waals surface area contributed by atoms with Crippen LogP contribution in [-0.2, 0) is 9.53 Å². The van der Waals surface area contributed by atoms with Crippen LogP contribution in [0, 0.1) is 5.92 Å². The molecular formula is C13H26N2O2. The average Bonchev–Trinajstić information content (AvgIpc) is 2.37. The van der Waals surface area contributed by atoms with E-state index in [0.717, 1.165) is 45.1 Å². The molecule has 0 aromatic rings. The maximum absolute atomic E-state index is 11.2. The SMILES string of the molecule is CCCN(CCC(=O)OC)CC1CCNCC1. The normalized spacial score (nSPS) is 17.4. The minimum Gasteiger partial charge on any atom is -0.469 e. The average molecular weight is 242 g/mol. The number of ether oxygens (including phenoxy) is 1. The van der Waals surface area contributed by atoms with Crippen molar-refractivity contribution in [3.8, 4) is 0 Å². The van der Waals surface area contributed by atoms with Crippen LogP contribution in [0.2, 0.25) is 0 Å². The lowest BCUT2D eigenvalue weighted by atomic mass is 9.97. The first-order valence-electron chi connectivity index (χ1n) is 6.76. The first-order chi connectivity index (χ1) is 8.26. The molecule has 0 saturated carbocycles. The largest absolute Gasteiger partial charge is 0.469 e. The van der Waals surface area contributed by atoms with Crippen LogP contribution in [0.5, 0.6) is 0 Å². The Kier molecular flexibility index (Phi) is 7.21. The topological polar surface area (TPSA) is 41.6 Å². The van der Waals surface area contributed by atoms with E-state index in [2.05, 4.69) is 17.1 Å². The van der Waals surface area contributed by atoms with Crippen molar-refractivity contribution in [1.82, 2.24) is 10.2 Å². The van der Waals surface area contributed by atoms with Crippen molar-refractivity contribution >= 4 is 5.97 Å². The number of nitrogens with one attached hydrogen (secondary N) is 1. The number of nitrogens with zero attached hydrogens (tertiary/aromatic N) is 1. The number of methoxy groups -OCH3 is 1. The summed E-state index contributed by atoms with van der Waals surface area (Å²) >= 11 is 0. The van der Waals surface area contributed by atoms with Gasteiger partial charge in [0.2, 0.25) is 0 Å². The molecule has 0 amide bonds. The summed E-state index contributed by atoms with van der Waals surface area (Å²) in [5.41, 5.74) is 0. The standard InChI is InChI=1S/C13H26N2O2/c1-3-9-15(10-6-13(16)17-2)11-12-4-7-14-8-5-12/h12,14H,3-11H2,1-2H3. The molecule has 0 aliphatic carbocycles. The molecule has 100 valence electrons. The van der Waals surface area contributed by atoms with E-state index in [1.807, 2.05) is 0 Å². The van der Waals surface area contributed by atoms with Crippen LogP contribution in [0.15, 0.2) is 0 Å². The second-order valence-electron chi connectivity index (χ2n) is 4.82. The van der Waals surface area contributed by atoms with Crippen LogP contribution in [0.1, 0.15) is 32.6 Å². The fraction of sp³-hybridized carbons (Fsp3) is 0.923. The van der Waals surface area contributed by atoms with E-state index in [0.29, 0.717) is 6.42 Å². The van der Waals surface area contributed by atoms with Crippen LogP contribution < -0.4 is 5.32 Å². The summed E-state index contributed by atoms with van der Waals surface area (Å²) in [7, 11) is 1.46. The van der Waals surface area contributed by atoms with Crippen LogP contribution in [-0.4, -0.2) is 50.7 Å². The van der Waals surface area contributed by atoms with E-state index >= 15 is 0 Å². The Labute approximate surface area is 105 Å². The smallest absolute Gasteiger partial charge is 0.306 e. The van der Waals surface area contributed by atoms with E-state index in [1.165, 1.54) is 20.0 Å². The number of piperidine rings is 1. The van der Waals surface area contributed by atoms with Gasteiger partial charge in [-0.3, -0.25) is 4.79 Å². The van der Waals surface area contributed by atoms with Gasteiger partial charge in [-0.05, 0) is 44.8 Å². The fourth-order valence-electron chi connectivity index (χ4n) is 2.39. The van der Waals surface area contributed by atoms with Crippen LogP contribution in [0.3, 0.4) is 0 Å². The molecule has 4 heteroatoms. The Morgan fingerprint density at radius 1 is 1.35 bits per heavy atom. The number of carbonyl (C=O) groups is 1. The van der Waals surface area contributed by atoms with Crippen LogP contribution in [0.4, 0.5) is 0 Å². The van der Waals surface area contributed by atoms with E-state index in [4.69, 9.17) is 4.74 Å². The van der Waals surface area contributed by atoms with Gasteiger partial charge in [0.05, 0.1) is 13.5 Å². The van der Waals surface area contributed by atoms with Crippen molar-refractivity contribution < 1.29 is 9.53 Å². The lowest BCUT2D eigenvalue weighted by Crippen LogP contribution is -2.37. The summed E-state index contributed by atoms with van der Waals surface area (Å²) in [6.45, 7) is 7.52. The van der Waals surface area contributed by atoms with Gasteiger partial charge in [-0.2, -0.15) is 0 Å². The highest BCUT2D eigenvalue weighted by Gasteiger charge is 2.17. The molecule has 0 radical (unpaired) electrons. The minimum atomic E-state index is -0.101. The van der Waals surface area contributed by atoms with Crippen LogP contribution in [0.25, 0.3) is 0 Å². The minimum absolute atomic E-state index is 0.101. The maximum Gasteiger partial charge on any atom is 0.306 e. The molecule has 0 atom stereocenters. The molecule has 0 unspecified atom stereocenters. The molecular weight excluding hydrogens is 216 g/mol. The molecule has 1 heterocycles. The van der Waals surface area contributed by atoms with Gasteiger partial charge in [-0.1, -0.05) is 6.92 Å². The molecule has 1 saturated heterocycles. The quantitative estimate of drug-likeness (QED) is 0.683. The molecule has 1 fully saturated rings. The number of hydrogen-bond acceptors (Lipinski definition) is 4. The maximum atomic E-state index is 11.2. The highest BCUT2D eigenvalue weighted by Crippen LogP contribution is 2.13. The Morgan fingerprint density at radius 2 is 2.06 bits per heavy atom. The Morgan fingerprint density at radius 3 is 2.65 bits per heavy atom. The third-order valence-corrected chi connectivity index (χ3v) is 3.37. The third-order valence-electron chi connectivity index (χ3n) is 3.37. The Hall–Kier alpha value is -0.610. The van der Waals surface area contributed by atoms with Gasteiger partial charge in [0.25, 0.3) is 0 Å². The lowest BCUT2D eigenvalue weighted by molar-refractivity contribution is -0.141. The number of esters is 1. The molecule has 1 aliphatic heterocycles. The van der Waals surface area contributed by atoms with Crippen LogP contribution >= 0.6 is 0 Å². The summed E-state index contributed by atoms with van der Waals surface area (Å²) in [6.07, 6.45) is 4.19. The molecule has 0 bridgehead atoms. The highest BCUT2D eigenvalue weighted by atomic mass is 16.5. The summed E-state index contributed by atoms with van der Waals surface area (Å²) in [6, 6.07) is 0. The molecule has 0 aromatic heterocycles. The first kappa shape index (κ1) is 14.5. The second kappa shape index (κ2) is 8.48. The van der Waals surface area contributed by atoms with Gasteiger partial charge in [0.1, 0.15) is 0 Å². The number of rotatable bonds is 7. The summed E-state index contributed by atoms with van der Waals surface area (Å²) in [4.78, 5) is 13.6. The molecule has 0 aromatic carbocycles. The molecule has 0 spiro atoms. The van der Waals surface area contributed by atoms with Crippen molar-refractivity contribution in [2.24, 2.45) is 5.92 Å². The van der Waals surface area contributed by atoms with Gasteiger partial charge in [-0.25, -0.2) is 0 Å². The zero-order chi connectivity index (χ0) is 12.5. The zero-order valence-electron chi connectivity index (χ0n) is 11.2. The number of hydrogen-bond donors (Lipinski definition) is 1. The molecule has 1 aliphatic rings. The van der Waals surface area contributed by atoms with E-state index < -0.39 is 0 Å². The lowest BCUT2D eigenvalue weighted by Gasteiger charge is -2.29. The van der Waals surface area contributed by atoms with Gasteiger partial charge >= 0.3 is 5.97 Å². The van der Waals surface area contributed by atoms with Crippen molar-refractivity contribution in [2.45, 2.75) is 32.6 Å². The fourth-order valence-corrected chi connectivity index (χ4v) is 2.39. The number of carbonyl (C=O) groups excluding carboxylic acids is 1. The molecule has 1 rings (SSSR count). The first-order valence-corrected chi connectivity index (χ1v) is 6.76. The predicted octanol–water partition coefficient (Wildman–Crippen LogP) is 1.26. The van der Waals surface area contributed by atoms with Crippen molar-refractivity contribution in [3.63, 3.8) is 0 Å². The monoisotopic (exact) mass is 242 g/mol. The highest BCUT2D eigenvalue weighted by molar-refractivity contribution is 5.69. The van der Waals surface area contributed by atoms with E-state index in [1.54, 1.807) is 0 Å². The zero-order valence-corrected chi connectivity index (χ0v) is 11.2. The van der Waals surface area contributed by atoms with E-state index in [-0.39, 0.29) is 5.97 Å². The summed E-state index contributed by atoms with van der Waals surface area (Å²) < 4.78 is 4.69. The summed E-state index contributed by atoms with van der Waals surface area (Å²) in [5.74, 6) is 0.692. The predicted molar refractivity (Wildman–Crippen MR) is 69.0 cm³/mol. The third kappa shape index (κ3) is 6.03. The Balaban J connectivity index is 2.28. The van der Waals surface area contributed by atoms with Crippen molar-refractivity contribution in [3.05, 3.63) is 0 Å². The Bertz CT molecular complexity index is 215. The summed E-state index contributed by atoms with van der Waals surface area (Å²) in [5, 5.41) is 3.39.